The number of esters is 2. The fourth-order valence-corrected chi connectivity index (χ4v) is 1.37. The van der Waals surface area contributed by atoms with Gasteiger partial charge in [-0.1, -0.05) is 0 Å². The average molecular weight is 338 g/mol. The minimum absolute atomic E-state index is 0.153. The summed E-state index contributed by atoms with van der Waals surface area (Å²) in [5.74, 6) is 0.415. The molecular formula is C18H26O6. The van der Waals surface area contributed by atoms with Gasteiger partial charge >= 0.3 is 11.9 Å². The summed E-state index contributed by atoms with van der Waals surface area (Å²) in [5, 5.41) is 0. The number of hydrogen-bond acceptors (Lipinski definition) is 6. The van der Waals surface area contributed by atoms with Crippen LogP contribution in [-0.4, -0.2) is 25.5 Å². The Bertz CT molecular complexity index is 497. The van der Waals surface area contributed by atoms with Crippen molar-refractivity contribution >= 4 is 11.9 Å². The van der Waals surface area contributed by atoms with Crippen molar-refractivity contribution in [3.05, 3.63) is 24.3 Å². The molecule has 0 unspecified atom stereocenters. The van der Waals surface area contributed by atoms with E-state index in [-0.39, 0.29) is 25.5 Å². The van der Waals surface area contributed by atoms with Gasteiger partial charge in [-0.2, -0.15) is 0 Å². The zero-order valence-corrected chi connectivity index (χ0v) is 15.2. The minimum Gasteiger partial charge on any atom is -0.457 e. The van der Waals surface area contributed by atoms with Crippen molar-refractivity contribution in [1.82, 2.24) is 0 Å². The summed E-state index contributed by atoms with van der Waals surface area (Å²) in [4.78, 5) is 23.2. The number of carbonyl (C=O) groups is 2. The van der Waals surface area contributed by atoms with Gasteiger partial charge in [-0.25, -0.2) is 0 Å². The molecule has 6 nitrogen and oxygen atoms in total. The third-order valence-electron chi connectivity index (χ3n) is 2.88. The Labute approximate surface area is 143 Å². The molecule has 1 rings (SSSR count). The molecular weight excluding hydrogens is 312 g/mol. The molecule has 0 aliphatic heterocycles. The first-order valence-electron chi connectivity index (χ1n) is 7.70. The lowest BCUT2D eigenvalue weighted by Crippen LogP contribution is -2.24. The van der Waals surface area contributed by atoms with Crippen LogP contribution in [0.3, 0.4) is 0 Å². The van der Waals surface area contributed by atoms with Gasteiger partial charge < -0.3 is 18.9 Å². The lowest BCUT2D eigenvalue weighted by molar-refractivity contribution is -0.160. The Morgan fingerprint density at radius 3 is 1.25 bits per heavy atom. The van der Waals surface area contributed by atoms with Gasteiger partial charge in [-0.05, 0) is 65.8 Å². The molecule has 6 heteroatoms. The van der Waals surface area contributed by atoms with Gasteiger partial charge in [-0.3, -0.25) is 9.59 Å². The summed E-state index contributed by atoms with van der Waals surface area (Å²) < 4.78 is 20.7. The first-order chi connectivity index (χ1) is 11.0. The van der Waals surface area contributed by atoms with E-state index in [2.05, 4.69) is 0 Å². The second-order valence-corrected chi connectivity index (χ2v) is 7.36. The molecule has 0 N–H and O–H groups in total. The Hall–Kier alpha value is -2.24. The van der Waals surface area contributed by atoms with Gasteiger partial charge in [0.1, 0.15) is 11.5 Å². The average Bonchev–Trinajstić information content (AvgIpc) is 2.46. The quantitative estimate of drug-likeness (QED) is 0.583. The molecule has 1 aromatic carbocycles. The third-order valence-corrected chi connectivity index (χ3v) is 2.88. The molecule has 0 aliphatic rings. The second-order valence-electron chi connectivity index (χ2n) is 7.36. The van der Waals surface area contributed by atoms with Crippen LogP contribution in [0.4, 0.5) is 0 Å². The van der Waals surface area contributed by atoms with Gasteiger partial charge in [0.2, 0.25) is 13.6 Å². The highest BCUT2D eigenvalue weighted by molar-refractivity contribution is 5.75. The summed E-state index contributed by atoms with van der Waals surface area (Å²) in [6.07, 6.45) is 0. The van der Waals surface area contributed by atoms with Crippen LogP contribution in [-0.2, 0) is 19.1 Å². The van der Waals surface area contributed by atoms with E-state index in [0.717, 1.165) is 0 Å². The summed E-state index contributed by atoms with van der Waals surface area (Å²) in [5.41, 5.74) is -1.13. The van der Waals surface area contributed by atoms with Crippen molar-refractivity contribution in [2.45, 2.75) is 41.5 Å². The molecule has 0 aliphatic carbocycles. The predicted octanol–water partition coefficient (Wildman–Crippen LogP) is 3.54. The van der Waals surface area contributed by atoms with Crippen LogP contribution in [0.25, 0.3) is 0 Å². The molecule has 0 saturated carbocycles. The molecule has 0 radical (unpaired) electrons. The van der Waals surface area contributed by atoms with E-state index in [9.17, 15) is 9.59 Å². The van der Waals surface area contributed by atoms with Gasteiger partial charge in [0, 0.05) is 0 Å². The van der Waals surface area contributed by atoms with Crippen LogP contribution in [0.5, 0.6) is 11.5 Å². The molecule has 0 heterocycles. The Balaban J connectivity index is 2.36. The number of rotatable bonds is 6. The highest BCUT2D eigenvalue weighted by Gasteiger charge is 2.23. The summed E-state index contributed by atoms with van der Waals surface area (Å²) >= 11 is 0. The van der Waals surface area contributed by atoms with Gasteiger partial charge in [0.05, 0.1) is 10.8 Å². The predicted molar refractivity (Wildman–Crippen MR) is 88.5 cm³/mol. The van der Waals surface area contributed by atoms with Crippen molar-refractivity contribution in [1.29, 1.82) is 0 Å². The van der Waals surface area contributed by atoms with Crippen LogP contribution in [0.15, 0.2) is 24.3 Å². The zero-order valence-electron chi connectivity index (χ0n) is 15.2. The standard InChI is InChI=1S/C18H26O6/c1-17(2,3)15(19)23-11-21-13-7-9-14(10-8-13)22-12-24-16(20)18(4,5)6/h7-10H,11-12H2,1-6H3. The fourth-order valence-electron chi connectivity index (χ4n) is 1.37. The van der Waals surface area contributed by atoms with Crippen molar-refractivity contribution < 1.29 is 28.5 Å². The maximum absolute atomic E-state index is 11.6. The Morgan fingerprint density at radius 2 is 1.00 bits per heavy atom. The van der Waals surface area contributed by atoms with Crippen molar-refractivity contribution in [2.24, 2.45) is 10.8 Å². The topological polar surface area (TPSA) is 71.1 Å². The second kappa shape index (κ2) is 8.04. The molecule has 0 spiro atoms. The molecule has 1 aromatic rings. The maximum atomic E-state index is 11.6. The molecule has 0 bridgehead atoms. The fraction of sp³-hybridized carbons (Fsp3) is 0.556. The molecule has 0 aromatic heterocycles. The van der Waals surface area contributed by atoms with E-state index >= 15 is 0 Å². The summed E-state index contributed by atoms with van der Waals surface area (Å²) in [6.45, 7) is 10.3. The number of benzene rings is 1. The normalized spacial score (nSPS) is 11.6. The van der Waals surface area contributed by atoms with E-state index in [1.165, 1.54) is 0 Å². The first kappa shape index (κ1) is 19.8. The van der Waals surface area contributed by atoms with E-state index in [1.807, 2.05) is 0 Å². The van der Waals surface area contributed by atoms with Gasteiger partial charge in [0.25, 0.3) is 0 Å². The monoisotopic (exact) mass is 338 g/mol. The van der Waals surface area contributed by atoms with Crippen molar-refractivity contribution in [2.75, 3.05) is 13.6 Å². The largest absolute Gasteiger partial charge is 0.457 e. The minimum atomic E-state index is -0.564. The van der Waals surface area contributed by atoms with Crippen LogP contribution in [0.2, 0.25) is 0 Å². The smallest absolute Gasteiger partial charge is 0.314 e. The highest BCUT2D eigenvalue weighted by Crippen LogP contribution is 2.20. The van der Waals surface area contributed by atoms with Crippen LogP contribution in [0, 0.1) is 10.8 Å². The highest BCUT2D eigenvalue weighted by atomic mass is 16.7. The van der Waals surface area contributed by atoms with Gasteiger partial charge in [0.15, 0.2) is 0 Å². The van der Waals surface area contributed by atoms with E-state index in [4.69, 9.17) is 18.9 Å². The Morgan fingerprint density at radius 1 is 0.708 bits per heavy atom. The lowest BCUT2D eigenvalue weighted by atomic mass is 9.97. The summed E-state index contributed by atoms with van der Waals surface area (Å²) in [7, 11) is 0. The van der Waals surface area contributed by atoms with E-state index < -0.39 is 10.8 Å². The third kappa shape index (κ3) is 6.89. The van der Waals surface area contributed by atoms with Crippen LogP contribution >= 0.6 is 0 Å². The maximum Gasteiger partial charge on any atom is 0.314 e. The molecule has 0 fully saturated rings. The first-order valence-corrected chi connectivity index (χ1v) is 7.70. The van der Waals surface area contributed by atoms with E-state index in [0.29, 0.717) is 11.5 Å². The van der Waals surface area contributed by atoms with Crippen molar-refractivity contribution in [3.63, 3.8) is 0 Å². The lowest BCUT2D eigenvalue weighted by Gasteiger charge is -2.17. The molecule has 134 valence electrons. The number of carbonyl (C=O) groups excluding carboxylic acids is 2. The molecule has 0 saturated heterocycles. The molecule has 0 amide bonds. The number of hydrogen-bond donors (Lipinski definition) is 0. The molecule has 0 atom stereocenters. The zero-order chi connectivity index (χ0) is 18.4. The Kier molecular flexibility index (Phi) is 6.63. The SMILES string of the molecule is CC(C)(C)C(=O)OCOc1ccc(OCOC(=O)C(C)(C)C)cc1. The van der Waals surface area contributed by atoms with E-state index in [1.54, 1.807) is 65.8 Å². The van der Waals surface area contributed by atoms with Gasteiger partial charge in [-0.15, -0.1) is 0 Å². The van der Waals surface area contributed by atoms with Crippen molar-refractivity contribution in [3.8, 4) is 11.5 Å². The van der Waals surface area contributed by atoms with Crippen LogP contribution in [0.1, 0.15) is 41.5 Å². The molecule has 24 heavy (non-hydrogen) atoms. The van der Waals surface area contributed by atoms with Crippen LogP contribution < -0.4 is 9.47 Å². The number of ether oxygens (including phenoxy) is 4. The summed E-state index contributed by atoms with van der Waals surface area (Å²) in [6, 6.07) is 6.69.